The Morgan fingerprint density at radius 2 is 2.04 bits per heavy atom. The molecule has 25 heavy (non-hydrogen) atoms. The number of nitrogens with two attached hydrogens (primary N) is 2. The zero-order chi connectivity index (χ0) is 19.0. The van der Waals surface area contributed by atoms with Crippen LogP contribution in [0.5, 0.6) is 0 Å². The van der Waals surface area contributed by atoms with Gasteiger partial charge in [-0.25, -0.2) is 0 Å². The number of nitrogens with one attached hydrogen (secondary N) is 1. The maximum Gasteiger partial charge on any atom is 0.451 e. The second kappa shape index (κ2) is 7.10. The van der Waals surface area contributed by atoms with Crippen molar-refractivity contribution in [3.05, 3.63) is 0 Å². The smallest absolute Gasteiger partial charge is 0.451 e. The summed E-state index contributed by atoms with van der Waals surface area (Å²) in [4.78, 5) is 11.6. The van der Waals surface area contributed by atoms with Gasteiger partial charge in [-0.1, -0.05) is 6.42 Å². The van der Waals surface area contributed by atoms with Crippen molar-refractivity contribution in [1.82, 2.24) is 9.03 Å². The number of rotatable bonds is 9. The molecule has 10 nitrogen and oxygen atoms in total. The molecule has 0 unspecified atom stereocenters. The van der Waals surface area contributed by atoms with E-state index in [1.165, 1.54) is 0 Å². The molecule has 1 aliphatic heterocycles. The first-order valence-electron chi connectivity index (χ1n) is 8.36. The number of carboxylic acids is 1. The summed E-state index contributed by atoms with van der Waals surface area (Å²) < 4.78 is 29.0. The summed E-state index contributed by atoms with van der Waals surface area (Å²) in [6, 6.07) is -0.353. The maximum absolute atomic E-state index is 12.7. The Balaban J connectivity index is 2.11. The Hall–Kier alpha value is -0.755. The first-order valence-corrected chi connectivity index (χ1v) is 9.80. The first-order chi connectivity index (χ1) is 11.4. The van der Waals surface area contributed by atoms with Crippen LogP contribution in [0.25, 0.3) is 0 Å². The van der Waals surface area contributed by atoms with Crippen molar-refractivity contribution in [3.63, 3.8) is 0 Å². The topological polar surface area (TPSA) is 179 Å². The van der Waals surface area contributed by atoms with E-state index < -0.39 is 40.3 Å². The quantitative estimate of drug-likeness (QED) is 0.242. The second-order valence-electron chi connectivity index (χ2n) is 7.30. The number of carbonyl (C=O) groups is 1. The first kappa shape index (κ1) is 20.6. The molecule has 0 aromatic rings. The van der Waals surface area contributed by atoms with E-state index in [2.05, 4.69) is 4.72 Å². The van der Waals surface area contributed by atoms with Crippen molar-refractivity contribution in [2.75, 3.05) is 13.1 Å². The predicted octanol–water partition coefficient (Wildman–Crippen LogP) is -2.33. The Morgan fingerprint density at radius 3 is 2.48 bits per heavy atom. The minimum absolute atomic E-state index is 0.0330. The molecule has 8 N–H and O–H groups in total. The SMILES string of the molecule is C[C@H](N)C1(NS(=O)(=O)N2C[C@H](CCCB(O)O)[C@](N)(C(=O)O)C2)CC1. The second-order valence-corrected chi connectivity index (χ2v) is 8.97. The molecule has 1 saturated heterocycles. The Morgan fingerprint density at radius 1 is 1.44 bits per heavy atom. The van der Waals surface area contributed by atoms with Gasteiger partial charge in [0.2, 0.25) is 0 Å². The Kier molecular flexibility index (Phi) is 5.84. The molecule has 2 fully saturated rings. The molecule has 0 aromatic heterocycles. The number of aliphatic carboxylic acids is 1. The molecule has 3 atom stereocenters. The summed E-state index contributed by atoms with van der Waals surface area (Å²) in [5.41, 5.74) is 9.48. The molecule has 1 heterocycles. The van der Waals surface area contributed by atoms with Crippen molar-refractivity contribution >= 4 is 23.3 Å². The van der Waals surface area contributed by atoms with Gasteiger partial charge in [0.25, 0.3) is 10.2 Å². The predicted molar refractivity (Wildman–Crippen MR) is 91.5 cm³/mol. The largest absolute Gasteiger partial charge is 0.480 e. The van der Waals surface area contributed by atoms with Crippen LogP contribution in [-0.2, 0) is 15.0 Å². The number of nitrogens with zero attached hydrogens (tertiary/aromatic N) is 1. The fourth-order valence-electron chi connectivity index (χ4n) is 3.32. The molecule has 0 bridgehead atoms. The molecule has 1 saturated carbocycles. The van der Waals surface area contributed by atoms with Gasteiger partial charge in [0.05, 0.1) is 0 Å². The van der Waals surface area contributed by atoms with Gasteiger partial charge in [-0.3, -0.25) is 4.79 Å². The molecule has 0 amide bonds. The monoisotopic (exact) mass is 378 g/mol. The van der Waals surface area contributed by atoms with Gasteiger partial charge in [-0.2, -0.15) is 17.4 Å². The summed E-state index contributed by atoms with van der Waals surface area (Å²) in [5.74, 6) is -1.89. The highest BCUT2D eigenvalue weighted by Gasteiger charge is 2.55. The fourth-order valence-corrected chi connectivity index (χ4v) is 5.11. The molecule has 0 spiro atoms. The molecule has 0 aromatic carbocycles. The zero-order valence-electron chi connectivity index (χ0n) is 14.3. The lowest BCUT2D eigenvalue weighted by Gasteiger charge is -2.26. The molecule has 2 rings (SSSR count). The molecule has 2 aliphatic rings. The highest BCUT2D eigenvalue weighted by atomic mass is 32.2. The van der Waals surface area contributed by atoms with Crippen LogP contribution in [0.2, 0.25) is 6.32 Å². The van der Waals surface area contributed by atoms with E-state index in [0.29, 0.717) is 19.3 Å². The van der Waals surface area contributed by atoms with Crippen LogP contribution >= 0.6 is 0 Å². The van der Waals surface area contributed by atoms with Crippen LogP contribution in [0.4, 0.5) is 0 Å². The Labute approximate surface area is 147 Å². The summed E-state index contributed by atoms with van der Waals surface area (Å²) >= 11 is 0. The van der Waals surface area contributed by atoms with Gasteiger partial charge in [-0.15, -0.1) is 0 Å². The van der Waals surface area contributed by atoms with Crippen molar-refractivity contribution in [3.8, 4) is 0 Å². The lowest BCUT2D eigenvalue weighted by molar-refractivity contribution is -0.144. The summed E-state index contributed by atoms with van der Waals surface area (Å²) in [6.07, 6.45) is 1.97. The highest BCUT2D eigenvalue weighted by Crippen LogP contribution is 2.40. The standard InChI is InChI=1S/C13H27BN4O6S/c1-9(15)12(4-5-12)17-25(23,24)18-7-10(3-2-6-14(21)22)13(16,8-18)11(19)20/h9-10,17,21-22H,2-8,15-16H2,1H3,(H,19,20)/t9-,10-,13-/m0/s1. The molecular formula is C13H27BN4O6S. The average molecular weight is 378 g/mol. The van der Waals surface area contributed by atoms with E-state index in [0.717, 1.165) is 4.31 Å². The van der Waals surface area contributed by atoms with Crippen molar-refractivity contribution in [2.24, 2.45) is 17.4 Å². The molecule has 0 radical (unpaired) electrons. The Bertz CT molecular complexity index is 612. The summed E-state index contributed by atoms with van der Waals surface area (Å²) in [6.45, 7) is 1.36. The molecule has 12 heteroatoms. The van der Waals surface area contributed by atoms with E-state index in [1.54, 1.807) is 6.92 Å². The third-order valence-corrected chi connectivity index (χ3v) is 6.96. The van der Waals surface area contributed by atoms with E-state index in [9.17, 15) is 18.3 Å². The average Bonchev–Trinajstić information content (AvgIpc) is 3.16. The molecular weight excluding hydrogens is 351 g/mol. The molecule has 1 aliphatic carbocycles. The van der Waals surface area contributed by atoms with Crippen molar-refractivity contribution < 1.29 is 28.4 Å². The van der Waals surface area contributed by atoms with Gasteiger partial charge in [0.15, 0.2) is 0 Å². The number of carboxylic acid groups (broad SMARTS) is 1. The van der Waals surface area contributed by atoms with Crippen LogP contribution in [0.1, 0.15) is 32.6 Å². The van der Waals surface area contributed by atoms with E-state index in [4.69, 9.17) is 21.5 Å². The lowest BCUT2D eigenvalue weighted by Crippen LogP contribution is -2.56. The van der Waals surface area contributed by atoms with Crippen LogP contribution in [-0.4, -0.2) is 71.2 Å². The van der Waals surface area contributed by atoms with Crippen LogP contribution in [0.3, 0.4) is 0 Å². The highest BCUT2D eigenvalue weighted by molar-refractivity contribution is 7.87. The normalized spacial score (nSPS) is 30.2. The van der Waals surface area contributed by atoms with E-state index in [-0.39, 0.29) is 31.9 Å². The summed E-state index contributed by atoms with van der Waals surface area (Å²) in [7, 11) is -5.40. The number of hydrogen-bond acceptors (Lipinski definition) is 7. The van der Waals surface area contributed by atoms with Crippen molar-refractivity contribution in [1.29, 1.82) is 0 Å². The van der Waals surface area contributed by atoms with Crippen LogP contribution in [0.15, 0.2) is 0 Å². The third-order valence-electron chi connectivity index (χ3n) is 5.34. The van der Waals surface area contributed by atoms with Gasteiger partial charge < -0.3 is 26.6 Å². The minimum atomic E-state index is -3.92. The zero-order valence-corrected chi connectivity index (χ0v) is 15.1. The van der Waals surface area contributed by atoms with Gasteiger partial charge >= 0.3 is 13.1 Å². The van der Waals surface area contributed by atoms with Gasteiger partial charge in [-0.05, 0) is 32.5 Å². The maximum atomic E-state index is 12.7. The number of hydrogen-bond donors (Lipinski definition) is 6. The third kappa shape index (κ3) is 4.33. The van der Waals surface area contributed by atoms with Crippen LogP contribution < -0.4 is 16.2 Å². The van der Waals surface area contributed by atoms with E-state index in [1.807, 2.05) is 0 Å². The van der Waals surface area contributed by atoms with Crippen molar-refractivity contribution in [2.45, 2.75) is 56.0 Å². The minimum Gasteiger partial charge on any atom is -0.480 e. The fraction of sp³-hybridized carbons (Fsp3) is 0.923. The van der Waals surface area contributed by atoms with Gasteiger partial charge in [0, 0.05) is 30.6 Å². The molecule has 144 valence electrons. The van der Waals surface area contributed by atoms with Crippen LogP contribution in [0, 0.1) is 5.92 Å². The lowest BCUT2D eigenvalue weighted by atomic mass is 9.78. The summed E-state index contributed by atoms with van der Waals surface area (Å²) in [5, 5.41) is 27.3. The van der Waals surface area contributed by atoms with E-state index >= 15 is 0 Å². The van der Waals surface area contributed by atoms with Gasteiger partial charge in [0.1, 0.15) is 5.54 Å².